The number of carboxylic acids is 1. The quantitative estimate of drug-likeness (QED) is 0.841. The van der Waals surface area contributed by atoms with Gasteiger partial charge in [0.2, 0.25) is 0 Å². The van der Waals surface area contributed by atoms with Gasteiger partial charge in [-0.05, 0) is 56.5 Å². The van der Waals surface area contributed by atoms with Gasteiger partial charge in [-0.25, -0.2) is 0 Å². The molecule has 0 fully saturated rings. The molecular weight excluding hydrogens is 354 g/mol. The molecule has 0 bridgehead atoms. The van der Waals surface area contributed by atoms with E-state index in [0.717, 1.165) is 20.3 Å². The Morgan fingerprint density at radius 2 is 2.00 bits per heavy atom. The second-order valence-electron chi connectivity index (χ2n) is 3.53. The number of ether oxygens (including phenoxy) is 1. The molecule has 1 aromatic carbocycles. The average Bonchev–Trinajstić information content (AvgIpc) is 2.25. The van der Waals surface area contributed by atoms with Crippen LogP contribution >= 0.6 is 31.9 Å². The van der Waals surface area contributed by atoms with Crippen LogP contribution in [0.3, 0.4) is 0 Å². The summed E-state index contributed by atoms with van der Waals surface area (Å²) in [6, 6.07) is 3.21. The van der Waals surface area contributed by atoms with Crippen molar-refractivity contribution in [2.24, 2.45) is 0 Å². The number of aliphatic carboxylic acids is 1. The van der Waals surface area contributed by atoms with E-state index in [4.69, 9.17) is 9.84 Å². The van der Waals surface area contributed by atoms with Crippen LogP contribution < -0.4 is 10.1 Å². The van der Waals surface area contributed by atoms with Crippen molar-refractivity contribution >= 4 is 37.8 Å². The molecule has 0 amide bonds. The third kappa shape index (κ3) is 3.97. The second kappa shape index (κ2) is 6.37. The van der Waals surface area contributed by atoms with Crippen molar-refractivity contribution in [2.45, 2.75) is 19.5 Å². The molecular formula is C11H13Br2NO3. The normalized spacial score (nSPS) is 12.2. The van der Waals surface area contributed by atoms with Gasteiger partial charge in [-0.1, -0.05) is 0 Å². The van der Waals surface area contributed by atoms with Crippen LogP contribution in [0.1, 0.15) is 12.5 Å². The van der Waals surface area contributed by atoms with Crippen LogP contribution in [0.2, 0.25) is 0 Å². The van der Waals surface area contributed by atoms with Crippen LogP contribution in [0.5, 0.6) is 5.75 Å². The van der Waals surface area contributed by atoms with Crippen LogP contribution in [0.25, 0.3) is 0 Å². The number of hydrogen-bond acceptors (Lipinski definition) is 3. The van der Waals surface area contributed by atoms with Crippen molar-refractivity contribution in [3.63, 3.8) is 0 Å². The lowest BCUT2D eigenvalue weighted by atomic mass is 10.2. The van der Waals surface area contributed by atoms with E-state index in [-0.39, 0.29) is 0 Å². The molecule has 0 saturated carbocycles. The SMILES string of the molecule is COc1c(Br)cc(CNC(C)C(=O)O)cc1Br. The molecule has 2 N–H and O–H groups in total. The fourth-order valence-corrected chi connectivity index (χ4v) is 2.87. The Kier molecular flexibility index (Phi) is 5.42. The van der Waals surface area contributed by atoms with Crippen molar-refractivity contribution in [3.05, 3.63) is 26.6 Å². The molecule has 0 heterocycles. The number of halogens is 2. The summed E-state index contributed by atoms with van der Waals surface area (Å²) in [5, 5.41) is 11.7. The molecule has 0 radical (unpaired) electrons. The van der Waals surface area contributed by atoms with E-state index in [0.29, 0.717) is 6.54 Å². The van der Waals surface area contributed by atoms with Gasteiger partial charge in [-0.3, -0.25) is 4.79 Å². The van der Waals surface area contributed by atoms with Gasteiger partial charge >= 0.3 is 5.97 Å². The molecule has 0 aliphatic carbocycles. The standard InChI is InChI=1S/C11H13Br2NO3/c1-6(11(15)16)14-5-7-3-8(12)10(17-2)9(13)4-7/h3-4,6,14H,5H2,1-2H3,(H,15,16). The van der Waals surface area contributed by atoms with Gasteiger partial charge in [0.05, 0.1) is 16.1 Å². The maximum atomic E-state index is 10.7. The summed E-state index contributed by atoms with van der Waals surface area (Å²) in [7, 11) is 1.59. The number of rotatable bonds is 5. The zero-order valence-corrected chi connectivity index (χ0v) is 12.6. The molecule has 6 heteroatoms. The first kappa shape index (κ1) is 14.5. The van der Waals surface area contributed by atoms with Crippen molar-refractivity contribution in [3.8, 4) is 5.75 Å². The molecule has 1 aromatic rings. The van der Waals surface area contributed by atoms with Crippen LogP contribution in [-0.4, -0.2) is 24.2 Å². The first-order valence-corrected chi connectivity index (χ1v) is 6.52. The summed E-state index contributed by atoms with van der Waals surface area (Å²) in [6.45, 7) is 2.09. The molecule has 17 heavy (non-hydrogen) atoms. The maximum absolute atomic E-state index is 10.7. The summed E-state index contributed by atoms with van der Waals surface area (Å²) in [6.07, 6.45) is 0. The molecule has 0 saturated heterocycles. The minimum Gasteiger partial charge on any atom is -0.494 e. The lowest BCUT2D eigenvalue weighted by Crippen LogP contribution is -2.33. The van der Waals surface area contributed by atoms with E-state index in [1.54, 1.807) is 14.0 Å². The third-order valence-electron chi connectivity index (χ3n) is 2.24. The van der Waals surface area contributed by atoms with Gasteiger partial charge in [0.15, 0.2) is 0 Å². The number of carboxylic acid groups (broad SMARTS) is 1. The minimum atomic E-state index is -0.864. The molecule has 1 atom stereocenters. The van der Waals surface area contributed by atoms with Gasteiger partial charge in [-0.15, -0.1) is 0 Å². The Morgan fingerprint density at radius 1 is 1.47 bits per heavy atom. The van der Waals surface area contributed by atoms with Crippen LogP contribution in [0.15, 0.2) is 21.1 Å². The Bertz CT molecular complexity index is 400. The highest BCUT2D eigenvalue weighted by atomic mass is 79.9. The zero-order valence-electron chi connectivity index (χ0n) is 9.46. The van der Waals surface area contributed by atoms with Crippen LogP contribution in [0.4, 0.5) is 0 Å². The summed E-state index contributed by atoms with van der Waals surface area (Å²) in [5.41, 5.74) is 0.970. The van der Waals surface area contributed by atoms with Crippen LogP contribution in [-0.2, 0) is 11.3 Å². The van der Waals surface area contributed by atoms with Crippen molar-refractivity contribution < 1.29 is 14.6 Å². The van der Waals surface area contributed by atoms with E-state index in [1.165, 1.54) is 0 Å². The molecule has 1 unspecified atom stereocenters. The molecule has 4 nitrogen and oxygen atoms in total. The number of hydrogen-bond donors (Lipinski definition) is 2. The average molecular weight is 367 g/mol. The van der Waals surface area contributed by atoms with E-state index >= 15 is 0 Å². The van der Waals surface area contributed by atoms with Crippen molar-refractivity contribution in [1.82, 2.24) is 5.32 Å². The topological polar surface area (TPSA) is 58.6 Å². The summed E-state index contributed by atoms with van der Waals surface area (Å²) < 4.78 is 6.84. The fraction of sp³-hybridized carbons (Fsp3) is 0.364. The van der Waals surface area contributed by atoms with Gasteiger partial charge < -0.3 is 15.2 Å². The summed E-state index contributed by atoms with van der Waals surface area (Å²) in [4.78, 5) is 10.7. The van der Waals surface area contributed by atoms with Crippen molar-refractivity contribution in [1.29, 1.82) is 0 Å². The summed E-state index contributed by atoms with van der Waals surface area (Å²) >= 11 is 6.79. The molecule has 0 spiro atoms. The molecule has 0 aliphatic heterocycles. The highest BCUT2D eigenvalue weighted by Crippen LogP contribution is 2.34. The smallest absolute Gasteiger partial charge is 0.320 e. The number of methoxy groups -OCH3 is 1. The van der Waals surface area contributed by atoms with Crippen LogP contribution in [0, 0.1) is 0 Å². The Morgan fingerprint density at radius 3 is 2.41 bits per heavy atom. The van der Waals surface area contributed by atoms with Crippen molar-refractivity contribution in [2.75, 3.05) is 7.11 Å². The minimum absolute atomic E-state index is 0.481. The lowest BCUT2D eigenvalue weighted by molar-refractivity contribution is -0.139. The van der Waals surface area contributed by atoms with Gasteiger partial charge in [-0.2, -0.15) is 0 Å². The number of nitrogens with one attached hydrogen (secondary N) is 1. The largest absolute Gasteiger partial charge is 0.494 e. The fourth-order valence-electron chi connectivity index (χ4n) is 1.27. The predicted molar refractivity (Wildman–Crippen MR) is 72.3 cm³/mol. The second-order valence-corrected chi connectivity index (χ2v) is 5.24. The van der Waals surface area contributed by atoms with E-state index in [2.05, 4.69) is 37.2 Å². The molecule has 94 valence electrons. The molecule has 0 aliphatic rings. The van der Waals surface area contributed by atoms with E-state index < -0.39 is 12.0 Å². The first-order valence-electron chi connectivity index (χ1n) is 4.93. The maximum Gasteiger partial charge on any atom is 0.320 e. The molecule has 1 rings (SSSR count). The van der Waals surface area contributed by atoms with E-state index in [9.17, 15) is 4.79 Å². The first-order chi connectivity index (χ1) is 7.95. The summed E-state index contributed by atoms with van der Waals surface area (Å²) in [5.74, 6) is -0.142. The van der Waals surface area contributed by atoms with Gasteiger partial charge in [0.1, 0.15) is 11.8 Å². The Balaban J connectivity index is 2.77. The Hall–Kier alpha value is -0.590. The van der Waals surface area contributed by atoms with Gasteiger partial charge in [0.25, 0.3) is 0 Å². The number of benzene rings is 1. The highest BCUT2D eigenvalue weighted by molar-refractivity contribution is 9.11. The molecule has 0 aromatic heterocycles. The number of carbonyl (C=O) groups is 1. The van der Waals surface area contributed by atoms with E-state index in [1.807, 2.05) is 12.1 Å². The monoisotopic (exact) mass is 365 g/mol. The van der Waals surface area contributed by atoms with Gasteiger partial charge in [0, 0.05) is 6.54 Å². The lowest BCUT2D eigenvalue weighted by Gasteiger charge is -2.12. The Labute approximate surface area is 117 Å². The predicted octanol–water partition coefficient (Wildman–Crippen LogP) is 2.78. The zero-order chi connectivity index (χ0) is 13.0. The highest BCUT2D eigenvalue weighted by Gasteiger charge is 2.11. The third-order valence-corrected chi connectivity index (χ3v) is 3.42.